The third-order valence-electron chi connectivity index (χ3n) is 6.62. The third-order valence-corrected chi connectivity index (χ3v) is 6.62. The summed E-state index contributed by atoms with van der Waals surface area (Å²) in [6, 6.07) is 10.4. The minimum Gasteiger partial charge on any atom is -0.497 e. The van der Waals surface area contributed by atoms with Crippen LogP contribution in [0.5, 0.6) is 5.75 Å². The molecular weight excluding hydrogens is 374 g/mol. The van der Waals surface area contributed by atoms with Crippen molar-refractivity contribution < 1.29 is 4.74 Å². The molecule has 3 heterocycles. The summed E-state index contributed by atoms with van der Waals surface area (Å²) in [7, 11) is 1.72. The van der Waals surface area contributed by atoms with Crippen LogP contribution in [-0.2, 0) is 19.6 Å². The Hall–Kier alpha value is -2.60. The maximum atomic E-state index is 5.36. The average Bonchev–Trinajstić information content (AvgIpc) is 3.54. The normalized spacial score (nSPS) is 17.4. The number of hydrogen-bond acceptors (Lipinski definition) is 4. The summed E-state index contributed by atoms with van der Waals surface area (Å²) in [4.78, 5) is 7.81. The molecule has 0 unspecified atom stereocenters. The van der Waals surface area contributed by atoms with Crippen LogP contribution in [-0.4, -0.2) is 44.4 Å². The number of nitrogens with zero attached hydrogens (tertiary/aromatic N) is 5. The Kier molecular flexibility index (Phi) is 5.58. The zero-order valence-corrected chi connectivity index (χ0v) is 17.8. The van der Waals surface area contributed by atoms with Gasteiger partial charge in [0.2, 0.25) is 0 Å². The number of hydrogen-bond donors (Lipinski definition) is 0. The molecule has 1 fully saturated rings. The molecule has 0 bridgehead atoms. The second-order valence-corrected chi connectivity index (χ2v) is 8.53. The first kappa shape index (κ1) is 19.4. The summed E-state index contributed by atoms with van der Waals surface area (Å²) in [5.74, 6) is 2.84. The quantitative estimate of drug-likeness (QED) is 0.587. The molecule has 3 aromatic rings. The fourth-order valence-electron chi connectivity index (χ4n) is 5.00. The molecule has 0 atom stereocenters. The van der Waals surface area contributed by atoms with Gasteiger partial charge in [0.05, 0.1) is 18.5 Å². The second-order valence-electron chi connectivity index (χ2n) is 8.53. The minimum absolute atomic E-state index is 0.627. The van der Waals surface area contributed by atoms with Gasteiger partial charge in [0.15, 0.2) is 0 Å². The maximum absolute atomic E-state index is 5.36. The van der Waals surface area contributed by atoms with E-state index in [2.05, 4.69) is 26.7 Å². The monoisotopic (exact) mass is 405 g/mol. The Balaban J connectivity index is 1.38. The highest BCUT2D eigenvalue weighted by Crippen LogP contribution is 2.38. The summed E-state index contributed by atoms with van der Waals surface area (Å²) in [5.41, 5.74) is 3.74. The average molecular weight is 406 g/mol. The SMILES string of the molecule is COc1ccc(-c2nc(C3CCCC3)n3c2CN(CCCn2cccn2)CC3)cc1. The Morgan fingerprint density at radius 3 is 2.63 bits per heavy atom. The van der Waals surface area contributed by atoms with E-state index >= 15 is 0 Å². The van der Waals surface area contributed by atoms with E-state index in [9.17, 15) is 0 Å². The molecule has 1 aliphatic carbocycles. The summed E-state index contributed by atoms with van der Waals surface area (Å²) in [6.07, 6.45) is 10.3. The molecule has 0 saturated heterocycles. The number of benzene rings is 1. The van der Waals surface area contributed by atoms with Crippen molar-refractivity contribution in [3.63, 3.8) is 0 Å². The van der Waals surface area contributed by atoms with Gasteiger partial charge in [-0.2, -0.15) is 5.10 Å². The first-order valence-corrected chi connectivity index (χ1v) is 11.3. The first-order chi connectivity index (χ1) is 14.8. The van der Waals surface area contributed by atoms with E-state index in [4.69, 9.17) is 9.72 Å². The van der Waals surface area contributed by atoms with Gasteiger partial charge in [0, 0.05) is 56.6 Å². The van der Waals surface area contributed by atoms with E-state index in [1.165, 1.54) is 42.8 Å². The van der Waals surface area contributed by atoms with Crippen molar-refractivity contribution >= 4 is 0 Å². The molecule has 2 aliphatic rings. The molecule has 0 amide bonds. The van der Waals surface area contributed by atoms with Crippen LogP contribution in [0.25, 0.3) is 11.3 Å². The molecule has 2 aromatic heterocycles. The number of aryl methyl sites for hydroxylation is 1. The van der Waals surface area contributed by atoms with Gasteiger partial charge in [-0.3, -0.25) is 9.58 Å². The molecule has 1 aromatic carbocycles. The lowest BCUT2D eigenvalue weighted by atomic mass is 10.1. The van der Waals surface area contributed by atoms with Gasteiger partial charge in [-0.15, -0.1) is 0 Å². The molecule has 0 spiro atoms. The van der Waals surface area contributed by atoms with Crippen LogP contribution in [0.15, 0.2) is 42.7 Å². The van der Waals surface area contributed by atoms with Crippen molar-refractivity contribution in [1.29, 1.82) is 0 Å². The smallest absolute Gasteiger partial charge is 0.118 e. The number of methoxy groups -OCH3 is 1. The Morgan fingerprint density at radius 1 is 1.07 bits per heavy atom. The van der Waals surface area contributed by atoms with Gasteiger partial charge < -0.3 is 9.30 Å². The second kappa shape index (κ2) is 8.64. The number of aromatic nitrogens is 4. The standard InChI is InChI=1S/C24H31N5O/c1-30-21-10-8-19(9-11-21)23-22-18-27(13-5-15-28-14-4-12-25-28)16-17-29(22)24(26-23)20-6-2-3-7-20/h4,8-12,14,20H,2-3,5-7,13,15-18H2,1H3. The van der Waals surface area contributed by atoms with Gasteiger partial charge in [-0.05, 0) is 49.6 Å². The fourth-order valence-corrected chi connectivity index (χ4v) is 5.00. The van der Waals surface area contributed by atoms with E-state index in [1.54, 1.807) is 7.11 Å². The van der Waals surface area contributed by atoms with E-state index < -0.39 is 0 Å². The highest BCUT2D eigenvalue weighted by atomic mass is 16.5. The molecule has 6 nitrogen and oxygen atoms in total. The van der Waals surface area contributed by atoms with Crippen LogP contribution in [0.2, 0.25) is 0 Å². The molecule has 0 N–H and O–H groups in total. The van der Waals surface area contributed by atoms with Gasteiger partial charge in [0.1, 0.15) is 11.6 Å². The molecule has 158 valence electrons. The summed E-state index contributed by atoms with van der Waals surface area (Å²) in [6.45, 7) is 5.18. The van der Waals surface area contributed by atoms with Crippen LogP contribution >= 0.6 is 0 Å². The fraction of sp³-hybridized carbons (Fsp3) is 0.500. The van der Waals surface area contributed by atoms with E-state index in [1.807, 2.05) is 35.3 Å². The van der Waals surface area contributed by atoms with Crippen LogP contribution in [0, 0.1) is 0 Å². The minimum atomic E-state index is 0.627. The Labute approximate surface area is 178 Å². The highest BCUT2D eigenvalue weighted by Gasteiger charge is 2.29. The molecular formula is C24H31N5O. The lowest BCUT2D eigenvalue weighted by molar-refractivity contribution is 0.212. The van der Waals surface area contributed by atoms with E-state index in [-0.39, 0.29) is 0 Å². The number of imidazole rings is 1. The summed E-state index contributed by atoms with van der Waals surface area (Å²) in [5, 5.41) is 4.32. The Bertz CT molecular complexity index is 954. The predicted octanol–water partition coefficient (Wildman–Crippen LogP) is 4.32. The summed E-state index contributed by atoms with van der Waals surface area (Å²) >= 11 is 0. The van der Waals surface area contributed by atoms with Crippen molar-refractivity contribution in [3.05, 3.63) is 54.2 Å². The molecule has 6 heteroatoms. The van der Waals surface area contributed by atoms with Gasteiger partial charge in [0.25, 0.3) is 0 Å². The zero-order valence-electron chi connectivity index (χ0n) is 17.8. The van der Waals surface area contributed by atoms with Gasteiger partial charge in [-0.25, -0.2) is 4.98 Å². The topological polar surface area (TPSA) is 48.1 Å². The lowest BCUT2D eigenvalue weighted by Gasteiger charge is -2.30. The van der Waals surface area contributed by atoms with E-state index in [0.717, 1.165) is 50.6 Å². The largest absolute Gasteiger partial charge is 0.497 e. The molecule has 1 saturated carbocycles. The first-order valence-electron chi connectivity index (χ1n) is 11.3. The Morgan fingerprint density at radius 2 is 1.90 bits per heavy atom. The van der Waals surface area contributed by atoms with Gasteiger partial charge >= 0.3 is 0 Å². The number of ether oxygens (including phenoxy) is 1. The van der Waals surface area contributed by atoms with Crippen molar-refractivity contribution in [3.8, 4) is 17.0 Å². The molecule has 30 heavy (non-hydrogen) atoms. The van der Waals surface area contributed by atoms with Gasteiger partial charge in [-0.1, -0.05) is 12.8 Å². The van der Waals surface area contributed by atoms with Crippen molar-refractivity contribution in [1.82, 2.24) is 24.2 Å². The van der Waals surface area contributed by atoms with Crippen molar-refractivity contribution in [2.75, 3.05) is 20.2 Å². The summed E-state index contributed by atoms with van der Waals surface area (Å²) < 4.78 is 9.92. The van der Waals surface area contributed by atoms with Crippen molar-refractivity contribution in [2.45, 2.75) is 57.7 Å². The molecule has 5 rings (SSSR count). The molecule has 0 radical (unpaired) electrons. The number of fused-ring (bicyclic) bond motifs is 1. The van der Waals surface area contributed by atoms with Crippen LogP contribution in [0.3, 0.4) is 0 Å². The van der Waals surface area contributed by atoms with Crippen LogP contribution in [0.1, 0.15) is 49.5 Å². The maximum Gasteiger partial charge on any atom is 0.118 e. The number of rotatable bonds is 7. The van der Waals surface area contributed by atoms with E-state index in [0.29, 0.717) is 5.92 Å². The predicted molar refractivity (Wildman–Crippen MR) is 118 cm³/mol. The lowest BCUT2D eigenvalue weighted by Crippen LogP contribution is -2.35. The van der Waals surface area contributed by atoms with Crippen LogP contribution in [0.4, 0.5) is 0 Å². The molecule has 1 aliphatic heterocycles. The highest BCUT2D eigenvalue weighted by molar-refractivity contribution is 5.64. The van der Waals surface area contributed by atoms with Crippen LogP contribution < -0.4 is 4.74 Å². The zero-order chi connectivity index (χ0) is 20.3. The van der Waals surface area contributed by atoms with Crippen molar-refractivity contribution in [2.24, 2.45) is 0 Å². The third kappa shape index (κ3) is 3.88.